The Kier molecular flexibility index (Phi) is 1.92. The Bertz CT molecular complexity index is 456. The van der Waals surface area contributed by atoms with Crippen LogP contribution in [0.2, 0.25) is 0 Å². The van der Waals surface area contributed by atoms with Gasteiger partial charge in [0, 0.05) is 11.8 Å². The zero-order chi connectivity index (χ0) is 11.4. The lowest BCUT2D eigenvalue weighted by Gasteiger charge is -2.42. The van der Waals surface area contributed by atoms with Gasteiger partial charge in [0.15, 0.2) is 0 Å². The maximum absolute atomic E-state index is 2.30. The second kappa shape index (κ2) is 3.10. The zero-order valence-corrected chi connectivity index (χ0v) is 10.5. The molecule has 0 spiro atoms. The third kappa shape index (κ3) is 1.000. The Labute approximate surface area is 97.7 Å². The molecule has 0 N–H and O–H groups in total. The molecule has 82 valence electrons. The van der Waals surface area contributed by atoms with Crippen LogP contribution in [0.4, 0.5) is 0 Å². The molecule has 0 saturated heterocycles. The fourth-order valence-corrected chi connectivity index (χ4v) is 3.53. The Morgan fingerprint density at radius 3 is 1.25 bits per heavy atom. The van der Waals surface area contributed by atoms with Gasteiger partial charge in [-0.3, -0.25) is 0 Å². The van der Waals surface area contributed by atoms with E-state index in [1.807, 2.05) is 0 Å². The van der Waals surface area contributed by atoms with Gasteiger partial charge in [-0.05, 0) is 38.8 Å². The maximum Gasteiger partial charge on any atom is 0.0261 e. The molecule has 2 bridgehead atoms. The highest BCUT2D eigenvalue weighted by Gasteiger charge is 2.37. The molecule has 0 heteroatoms. The fraction of sp³-hybridized carbons (Fsp3) is 0.375. The lowest BCUT2D eigenvalue weighted by molar-refractivity contribution is 0.703. The predicted octanol–water partition coefficient (Wildman–Crippen LogP) is 4.55. The van der Waals surface area contributed by atoms with Crippen molar-refractivity contribution in [2.45, 2.75) is 39.5 Å². The number of benzene rings is 1. The summed E-state index contributed by atoms with van der Waals surface area (Å²) in [7, 11) is 0. The van der Waals surface area contributed by atoms with Crippen LogP contribution < -0.4 is 0 Å². The average Bonchev–Trinajstić information content (AvgIpc) is 2.28. The highest BCUT2D eigenvalue weighted by atomic mass is 14.4. The maximum atomic E-state index is 2.30. The van der Waals surface area contributed by atoms with Crippen molar-refractivity contribution in [3.05, 3.63) is 57.7 Å². The molecule has 0 aliphatic heterocycles. The molecule has 0 unspecified atom stereocenters. The molecule has 3 aliphatic rings. The van der Waals surface area contributed by atoms with E-state index in [4.69, 9.17) is 0 Å². The fourth-order valence-electron chi connectivity index (χ4n) is 3.53. The van der Waals surface area contributed by atoms with Crippen molar-refractivity contribution in [2.24, 2.45) is 0 Å². The largest absolute Gasteiger partial charge is 0.0619 e. The minimum Gasteiger partial charge on any atom is -0.0619 e. The van der Waals surface area contributed by atoms with Crippen LogP contribution in [-0.2, 0) is 0 Å². The molecule has 16 heavy (non-hydrogen) atoms. The molecule has 0 radical (unpaired) electrons. The van der Waals surface area contributed by atoms with Gasteiger partial charge in [0.05, 0.1) is 0 Å². The van der Waals surface area contributed by atoms with Gasteiger partial charge in [0.2, 0.25) is 0 Å². The quantitative estimate of drug-likeness (QED) is 0.551. The monoisotopic (exact) mass is 210 g/mol. The molecule has 0 nitrogen and oxygen atoms in total. The van der Waals surface area contributed by atoms with Crippen LogP contribution in [0.5, 0.6) is 0 Å². The van der Waals surface area contributed by atoms with Crippen LogP contribution >= 0.6 is 0 Å². The molecule has 0 aromatic heterocycles. The van der Waals surface area contributed by atoms with Crippen LogP contribution in [0, 0.1) is 0 Å². The van der Waals surface area contributed by atoms with Crippen molar-refractivity contribution in [3.8, 4) is 0 Å². The van der Waals surface area contributed by atoms with Gasteiger partial charge < -0.3 is 0 Å². The van der Waals surface area contributed by atoms with E-state index in [2.05, 4.69) is 52.0 Å². The molecule has 1 aromatic rings. The first kappa shape index (κ1) is 9.89. The molecule has 0 amide bonds. The van der Waals surface area contributed by atoms with E-state index in [0.717, 1.165) is 0 Å². The molecule has 4 rings (SSSR count). The van der Waals surface area contributed by atoms with Gasteiger partial charge in [0.1, 0.15) is 0 Å². The Morgan fingerprint density at radius 1 is 0.625 bits per heavy atom. The molecule has 0 saturated carbocycles. The molecule has 1 aromatic carbocycles. The molecule has 0 heterocycles. The van der Waals surface area contributed by atoms with E-state index in [0.29, 0.717) is 11.8 Å². The normalized spacial score (nSPS) is 27.5. The summed E-state index contributed by atoms with van der Waals surface area (Å²) in [6.45, 7) is 9.22. The second-order valence-electron chi connectivity index (χ2n) is 5.23. The third-order valence-corrected chi connectivity index (χ3v) is 4.59. The van der Waals surface area contributed by atoms with Gasteiger partial charge in [0.25, 0.3) is 0 Å². The van der Waals surface area contributed by atoms with Crippen LogP contribution in [0.15, 0.2) is 46.6 Å². The van der Waals surface area contributed by atoms with Crippen LogP contribution in [0.25, 0.3) is 0 Å². The molecular weight excluding hydrogens is 192 g/mol. The number of hydrogen-bond acceptors (Lipinski definition) is 0. The average molecular weight is 210 g/mol. The van der Waals surface area contributed by atoms with E-state index >= 15 is 0 Å². The van der Waals surface area contributed by atoms with Crippen LogP contribution in [0.3, 0.4) is 0 Å². The summed E-state index contributed by atoms with van der Waals surface area (Å²) in [4.78, 5) is 0. The smallest absolute Gasteiger partial charge is 0.0261 e. The molecular formula is C16H18. The first-order valence-electron chi connectivity index (χ1n) is 6.06. The summed E-state index contributed by atoms with van der Waals surface area (Å²) in [5.41, 5.74) is 9.38. The van der Waals surface area contributed by atoms with Gasteiger partial charge >= 0.3 is 0 Å². The molecule has 0 atom stereocenters. The Morgan fingerprint density at radius 2 is 0.938 bits per heavy atom. The van der Waals surface area contributed by atoms with Gasteiger partial charge in [-0.15, -0.1) is 0 Å². The minimum atomic E-state index is 0.557. The predicted molar refractivity (Wildman–Crippen MR) is 68.7 cm³/mol. The van der Waals surface area contributed by atoms with Crippen LogP contribution in [-0.4, -0.2) is 0 Å². The number of hydrogen-bond donors (Lipinski definition) is 0. The van der Waals surface area contributed by atoms with E-state index < -0.39 is 0 Å². The summed E-state index contributed by atoms with van der Waals surface area (Å²) in [6, 6.07) is 8.95. The zero-order valence-electron chi connectivity index (χ0n) is 10.5. The van der Waals surface area contributed by atoms with Gasteiger partial charge in [-0.2, -0.15) is 0 Å². The summed E-state index contributed by atoms with van der Waals surface area (Å²) in [5, 5.41) is 0. The Balaban J connectivity index is 2.33. The van der Waals surface area contributed by atoms with E-state index in [-0.39, 0.29) is 0 Å². The van der Waals surface area contributed by atoms with E-state index in [1.165, 1.54) is 0 Å². The first-order valence-corrected chi connectivity index (χ1v) is 6.06. The topological polar surface area (TPSA) is 0 Å². The van der Waals surface area contributed by atoms with Gasteiger partial charge in [-0.25, -0.2) is 0 Å². The lowest BCUT2D eigenvalue weighted by atomic mass is 9.62. The van der Waals surface area contributed by atoms with Crippen LogP contribution in [0.1, 0.15) is 50.7 Å². The molecule has 0 fully saturated rings. The minimum absolute atomic E-state index is 0.557. The SMILES string of the molecule is CC1=C(C)C2C(C)=C(C)C1c1ccccc12. The Hall–Kier alpha value is -1.30. The van der Waals surface area contributed by atoms with Crippen molar-refractivity contribution >= 4 is 0 Å². The standard InChI is InChI=1S/C16H18/c1-9-10(2)16-12(4)11(3)15(9)13-7-5-6-8-14(13)16/h5-8,15-16H,1-4H3. The van der Waals surface area contributed by atoms with Crippen molar-refractivity contribution in [1.29, 1.82) is 0 Å². The molecule has 3 aliphatic carbocycles. The highest BCUT2D eigenvalue weighted by Crippen LogP contribution is 2.54. The van der Waals surface area contributed by atoms with E-state index in [1.54, 1.807) is 33.4 Å². The van der Waals surface area contributed by atoms with Gasteiger partial charge in [-0.1, -0.05) is 46.6 Å². The number of allylic oxidation sites excluding steroid dienone is 4. The summed E-state index contributed by atoms with van der Waals surface area (Å²) >= 11 is 0. The van der Waals surface area contributed by atoms with Crippen molar-refractivity contribution in [2.75, 3.05) is 0 Å². The summed E-state index contributed by atoms with van der Waals surface area (Å²) < 4.78 is 0. The summed E-state index contributed by atoms with van der Waals surface area (Å²) in [6.07, 6.45) is 0. The van der Waals surface area contributed by atoms with Crippen molar-refractivity contribution < 1.29 is 0 Å². The summed E-state index contributed by atoms with van der Waals surface area (Å²) in [5.74, 6) is 1.11. The third-order valence-electron chi connectivity index (χ3n) is 4.59. The lowest BCUT2D eigenvalue weighted by Crippen LogP contribution is -2.25. The first-order chi connectivity index (χ1) is 7.63. The van der Waals surface area contributed by atoms with Crippen molar-refractivity contribution in [1.82, 2.24) is 0 Å². The van der Waals surface area contributed by atoms with Crippen molar-refractivity contribution in [3.63, 3.8) is 0 Å². The number of rotatable bonds is 0. The highest BCUT2D eigenvalue weighted by molar-refractivity contribution is 5.61. The van der Waals surface area contributed by atoms with E-state index in [9.17, 15) is 0 Å². The second-order valence-corrected chi connectivity index (χ2v) is 5.23.